The van der Waals surface area contributed by atoms with E-state index in [1.54, 1.807) is 35.6 Å². The second-order valence-electron chi connectivity index (χ2n) is 6.15. The molecule has 0 fully saturated rings. The summed E-state index contributed by atoms with van der Waals surface area (Å²) in [6, 6.07) is 7.06. The van der Waals surface area contributed by atoms with Gasteiger partial charge in [-0.2, -0.15) is 0 Å². The van der Waals surface area contributed by atoms with E-state index in [-0.39, 0.29) is 68.0 Å². The Morgan fingerprint density at radius 3 is 2.62 bits per heavy atom. The molecule has 128 valence electrons. The number of fused-ring (bicyclic) bond motifs is 3. The molecule has 1 aromatic carbocycles. The van der Waals surface area contributed by atoms with Crippen LogP contribution < -0.4 is 62.3 Å². The van der Waals surface area contributed by atoms with Crippen molar-refractivity contribution in [2.24, 2.45) is 0 Å². The summed E-state index contributed by atoms with van der Waals surface area (Å²) in [6.07, 6.45) is 4.23. The molecule has 26 heavy (non-hydrogen) atoms. The molecule has 3 aromatic rings. The van der Waals surface area contributed by atoms with Gasteiger partial charge in [-0.1, -0.05) is 0 Å². The normalized spacial score (nSPS) is 13.1. The van der Waals surface area contributed by atoms with Crippen molar-refractivity contribution >= 4 is 45.8 Å². The molecule has 0 aliphatic heterocycles. The molecule has 1 aliphatic rings. The quantitative estimate of drug-likeness (QED) is 0.373. The van der Waals surface area contributed by atoms with E-state index in [2.05, 4.69) is 10.3 Å². The van der Waals surface area contributed by atoms with Crippen molar-refractivity contribution in [1.29, 1.82) is 0 Å². The van der Waals surface area contributed by atoms with Crippen LogP contribution in [0.5, 0.6) is 0 Å². The number of carbonyl (C=O) groups is 1. The van der Waals surface area contributed by atoms with Crippen LogP contribution in [0.4, 0.5) is 5.69 Å². The maximum atomic E-state index is 13.1. The standard InChI is InChI=1S/C18H17N3O2S2.K/c1-10(22)19-11-6-8-12(9-7-11)21-17(23)15-13-4-2-3-5-14(13)25-16(15)20-18(21)24;/h6-9H,2-5H2,1H3,(H,19,22)(H,20,24);/q;+1/p-1. The summed E-state index contributed by atoms with van der Waals surface area (Å²) >= 11 is 6.98. The van der Waals surface area contributed by atoms with Gasteiger partial charge in [0.25, 0.3) is 5.56 Å². The molecule has 2 aromatic heterocycles. The minimum Gasteiger partial charge on any atom is -0.742 e. The zero-order valence-electron chi connectivity index (χ0n) is 14.7. The SMILES string of the molecule is CC(=O)Nc1ccc(-n2c([S-])nc3sc4c(c3c2=O)CCCC4)cc1.[K+]. The summed E-state index contributed by atoms with van der Waals surface area (Å²) in [5.74, 6) is -0.137. The number of rotatable bonds is 2. The molecular formula is C18H16KN3O2S2. The zero-order chi connectivity index (χ0) is 17.6. The molecule has 1 amide bonds. The predicted octanol–water partition coefficient (Wildman–Crippen LogP) is 0.194. The molecule has 1 aliphatic carbocycles. The summed E-state index contributed by atoms with van der Waals surface area (Å²) in [4.78, 5) is 30.8. The molecular weight excluding hydrogens is 393 g/mol. The topological polar surface area (TPSA) is 64.0 Å². The average molecular weight is 410 g/mol. The number of anilines is 1. The number of aromatic nitrogens is 2. The maximum Gasteiger partial charge on any atom is 1.00 e. The number of aryl methyl sites for hydroxylation is 2. The van der Waals surface area contributed by atoms with Crippen molar-refractivity contribution in [3.05, 3.63) is 45.1 Å². The number of carbonyl (C=O) groups excluding carboxylic acids is 1. The summed E-state index contributed by atoms with van der Waals surface area (Å²) in [7, 11) is 0. The largest absolute Gasteiger partial charge is 1.00 e. The van der Waals surface area contributed by atoms with E-state index < -0.39 is 0 Å². The van der Waals surface area contributed by atoms with E-state index in [9.17, 15) is 9.59 Å². The minimum absolute atomic E-state index is 0. The van der Waals surface area contributed by atoms with Crippen LogP contribution in [0.15, 0.2) is 34.2 Å². The van der Waals surface area contributed by atoms with Gasteiger partial charge in [-0.15, -0.1) is 11.3 Å². The number of hydrogen-bond acceptors (Lipinski definition) is 5. The third-order valence-electron chi connectivity index (χ3n) is 4.40. The number of thiophene rings is 1. The Balaban J connectivity index is 0.00000196. The fourth-order valence-electron chi connectivity index (χ4n) is 3.31. The molecule has 0 saturated heterocycles. The number of nitrogens with zero attached hydrogens (tertiary/aromatic N) is 2. The van der Waals surface area contributed by atoms with Crippen LogP contribution in [-0.4, -0.2) is 15.5 Å². The molecule has 0 spiro atoms. The first kappa shape index (κ1) is 20.1. The molecule has 8 heteroatoms. The van der Waals surface area contributed by atoms with Crippen molar-refractivity contribution in [2.75, 3.05) is 5.32 Å². The predicted molar refractivity (Wildman–Crippen MR) is 102 cm³/mol. The molecule has 2 heterocycles. The van der Waals surface area contributed by atoms with Gasteiger partial charge in [-0.25, -0.2) is 4.98 Å². The Morgan fingerprint density at radius 1 is 1.23 bits per heavy atom. The van der Waals surface area contributed by atoms with Crippen LogP contribution in [0, 0.1) is 0 Å². The molecule has 4 rings (SSSR count). The van der Waals surface area contributed by atoms with Gasteiger partial charge in [0.1, 0.15) is 4.83 Å². The summed E-state index contributed by atoms with van der Waals surface area (Å²) < 4.78 is 1.48. The molecule has 0 saturated carbocycles. The second-order valence-corrected chi connectivity index (χ2v) is 7.60. The number of hydrogen-bond donors (Lipinski definition) is 1. The van der Waals surface area contributed by atoms with Gasteiger partial charge in [0.2, 0.25) is 5.91 Å². The summed E-state index contributed by atoms with van der Waals surface area (Å²) in [5.41, 5.74) is 2.40. The van der Waals surface area contributed by atoms with Crippen molar-refractivity contribution < 1.29 is 56.2 Å². The summed E-state index contributed by atoms with van der Waals surface area (Å²) in [5, 5.41) is 3.70. The van der Waals surface area contributed by atoms with Gasteiger partial charge in [0.15, 0.2) is 0 Å². The monoisotopic (exact) mass is 409 g/mol. The third kappa shape index (κ3) is 3.69. The molecule has 0 unspecified atom stereocenters. The molecule has 0 atom stereocenters. The first-order valence-corrected chi connectivity index (χ1v) is 9.39. The van der Waals surface area contributed by atoms with Crippen LogP contribution in [0.2, 0.25) is 0 Å². The molecule has 0 bridgehead atoms. The Hall–Kier alpha value is -0.614. The van der Waals surface area contributed by atoms with Crippen LogP contribution in [0.3, 0.4) is 0 Å². The van der Waals surface area contributed by atoms with Gasteiger partial charge in [-0.3, -0.25) is 14.2 Å². The van der Waals surface area contributed by atoms with E-state index in [0.29, 0.717) is 11.4 Å². The first-order valence-electron chi connectivity index (χ1n) is 8.17. The summed E-state index contributed by atoms with van der Waals surface area (Å²) in [6.45, 7) is 1.46. The number of nitrogens with one attached hydrogen (secondary N) is 1. The second kappa shape index (κ2) is 8.18. The Labute approximate surface area is 203 Å². The van der Waals surface area contributed by atoms with Gasteiger partial charge < -0.3 is 17.9 Å². The van der Waals surface area contributed by atoms with E-state index >= 15 is 0 Å². The zero-order valence-corrected chi connectivity index (χ0v) is 19.4. The molecule has 1 N–H and O–H groups in total. The van der Waals surface area contributed by atoms with Crippen molar-refractivity contribution in [1.82, 2.24) is 9.55 Å². The Kier molecular flexibility index (Phi) is 6.33. The van der Waals surface area contributed by atoms with Gasteiger partial charge in [0, 0.05) is 23.2 Å². The Morgan fingerprint density at radius 2 is 1.92 bits per heavy atom. The van der Waals surface area contributed by atoms with Crippen molar-refractivity contribution in [3.8, 4) is 5.69 Å². The van der Waals surface area contributed by atoms with Crippen LogP contribution in [0.1, 0.15) is 30.2 Å². The minimum atomic E-state index is -0.137. The van der Waals surface area contributed by atoms with E-state index in [1.807, 2.05) is 0 Å². The van der Waals surface area contributed by atoms with Gasteiger partial charge in [-0.05, 0) is 60.7 Å². The van der Waals surface area contributed by atoms with Crippen molar-refractivity contribution in [3.63, 3.8) is 0 Å². The molecule has 0 radical (unpaired) electrons. The van der Waals surface area contributed by atoms with Crippen LogP contribution in [-0.2, 0) is 30.3 Å². The maximum absolute atomic E-state index is 13.1. The van der Waals surface area contributed by atoms with E-state index in [4.69, 9.17) is 12.6 Å². The van der Waals surface area contributed by atoms with Gasteiger partial charge >= 0.3 is 51.4 Å². The van der Waals surface area contributed by atoms with Crippen LogP contribution in [0.25, 0.3) is 15.9 Å². The average Bonchev–Trinajstić information content (AvgIpc) is 2.94. The fraction of sp³-hybridized carbons (Fsp3) is 0.278. The number of benzene rings is 1. The smallest absolute Gasteiger partial charge is 0.742 e. The van der Waals surface area contributed by atoms with Gasteiger partial charge in [0.05, 0.1) is 5.39 Å². The number of amides is 1. The van der Waals surface area contributed by atoms with Crippen LogP contribution >= 0.6 is 11.3 Å². The van der Waals surface area contributed by atoms with Crippen molar-refractivity contribution in [2.45, 2.75) is 37.8 Å². The Bertz CT molecular complexity index is 1040. The first-order chi connectivity index (χ1) is 12.0. The molecule has 5 nitrogen and oxygen atoms in total. The third-order valence-corrected chi connectivity index (χ3v) is 5.86. The fourth-order valence-corrected chi connectivity index (χ4v) is 4.90. The van der Waals surface area contributed by atoms with E-state index in [1.165, 1.54) is 22.8 Å². The van der Waals surface area contributed by atoms with E-state index in [0.717, 1.165) is 35.0 Å².